The summed E-state index contributed by atoms with van der Waals surface area (Å²) < 4.78 is 23.0. The highest BCUT2D eigenvalue weighted by Gasteiger charge is 2.26. The monoisotopic (exact) mass is 354 g/mol. The molecule has 0 spiro atoms. The molecule has 1 unspecified atom stereocenters. The van der Waals surface area contributed by atoms with Gasteiger partial charge in [0, 0.05) is 5.56 Å². The van der Waals surface area contributed by atoms with Gasteiger partial charge in [0.15, 0.2) is 0 Å². The molecule has 1 N–H and O–H groups in total. The molecule has 0 aliphatic heterocycles. The SMILES string of the molecule is Cc1ccc(OP(=O)(O)Oc2ccc(C)cc2-c2ccccc2)cc1. The Hall–Kier alpha value is -2.55. The molecule has 0 aliphatic carbocycles. The first kappa shape index (κ1) is 17.3. The summed E-state index contributed by atoms with van der Waals surface area (Å²) in [7, 11) is -4.31. The van der Waals surface area contributed by atoms with Crippen LogP contribution in [0.15, 0.2) is 72.8 Å². The molecule has 128 valence electrons. The van der Waals surface area contributed by atoms with Gasteiger partial charge in [-0.05, 0) is 43.7 Å². The first-order valence-electron chi connectivity index (χ1n) is 7.88. The molecule has 0 saturated heterocycles. The standard InChI is InChI=1S/C20H19O4P/c1-15-8-11-18(12-9-15)23-25(21,22)24-20-13-10-16(2)14-19(20)17-6-4-3-5-7-17/h3-14H,1-2H3,(H,21,22). The quantitative estimate of drug-likeness (QED) is 0.612. The van der Waals surface area contributed by atoms with Gasteiger partial charge in [-0.3, -0.25) is 4.89 Å². The number of benzene rings is 3. The molecule has 0 radical (unpaired) electrons. The second-order valence-electron chi connectivity index (χ2n) is 5.83. The number of rotatable bonds is 5. The Kier molecular flexibility index (Phi) is 4.93. The number of aryl methyl sites for hydroxylation is 2. The van der Waals surface area contributed by atoms with E-state index in [2.05, 4.69) is 0 Å². The molecule has 0 aliphatic rings. The molecule has 5 heteroatoms. The van der Waals surface area contributed by atoms with Crippen molar-refractivity contribution < 1.29 is 18.5 Å². The van der Waals surface area contributed by atoms with Crippen LogP contribution < -0.4 is 9.05 Å². The number of phosphoric acid groups is 1. The van der Waals surface area contributed by atoms with Crippen LogP contribution in [0.25, 0.3) is 11.1 Å². The second-order valence-corrected chi connectivity index (χ2v) is 7.13. The Bertz CT molecular complexity index is 905. The second kappa shape index (κ2) is 7.14. The summed E-state index contributed by atoms with van der Waals surface area (Å²) >= 11 is 0. The molecular formula is C20H19O4P. The maximum atomic E-state index is 12.4. The lowest BCUT2D eigenvalue weighted by molar-refractivity contribution is 0.291. The summed E-state index contributed by atoms with van der Waals surface area (Å²) in [5.74, 6) is 0.583. The van der Waals surface area contributed by atoms with Crippen LogP contribution in [0.4, 0.5) is 0 Å². The predicted molar refractivity (Wildman–Crippen MR) is 98.9 cm³/mol. The lowest BCUT2D eigenvalue weighted by atomic mass is 10.0. The normalized spacial score (nSPS) is 13.1. The first-order valence-corrected chi connectivity index (χ1v) is 9.37. The van der Waals surface area contributed by atoms with E-state index < -0.39 is 7.82 Å². The summed E-state index contributed by atoms with van der Waals surface area (Å²) in [6.07, 6.45) is 0. The van der Waals surface area contributed by atoms with Gasteiger partial charge in [-0.15, -0.1) is 0 Å². The fraction of sp³-hybridized carbons (Fsp3) is 0.100. The summed E-state index contributed by atoms with van der Waals surface area (Å²) in [5, 5.41) is 0. The van der Waals surface area contributed by atoms with Crippen molar-refractivity contribution in [2.75, 3.05) is 0 Å². The van der Waals surface area contributed by atoms with Crippen molar-refractivity contribution in [2.45, 2.75) is 13.8 Å². The van der Waals surface area contributed by atoms with Gasteiger partial charge in [-0.2, -0.15) is 0 Å². The molecule has 0 bridgehead atoms. The maximum absolute atomic E-state index is 12.4. The number of hydrogen-bond donors (Lipinski definition) is 1. The van der Waals surface area contributed by atoms with E-state index in [4.69, 9.17) is 9.05 Å². The molecule has 0 heterocycles. The fourth-order valence-electron chi connectivity index (χ4n) is 2.44. The highest BCUT2D eigenvalue weighted by atomic mass is 31.2. The first-order chi connectivity index (χ1) is 11.9. The average molecular weight is 354 g/mol. The molecule has 1 atom stereocenters. The van der Waals surface area contributed by atoms with E-state index in [0.29, 0.717) is 5.75 Å². The summed E-state index contributed by atoms with van der Waals surface area (Å²) in [5.41, 5.74) is 3.70. The summed E-state index contributed by atoms with van der Waals surface area (Å²) in [6, 6.07) is 21.9. The van der Waals surface area contributed by atoms with Crippen LogP contribution in [0.3, 0.4) is 0 Å². The maximum Gasteiger partial charge on any atom is 0.584 e. The molecule has 4 nitrogen and oxygen atoms in total. The largest absolute Gasteiger partial charge is 0.584 e. The Morgan fingerprint density at radius 1 is 0.800 bits per heavy atom. The minimum absolute atomic E-state index is 0.282. The molecular weight excluding hydrogens is 335 g/mol. The third-order valence-corrected chi connectivity index (χ3v) is 4.54. The molecule has 3 rings (SSSR count). The van der Waals surface area contributed by atoms with Crippen molar-refractivity contribution in [1.82, 2.24) is 0 Å². The van der Waals surface area contributed by atoms with Crippen LogP contribution in [-0.4, -0.2) is 4.89 Å². The molecule has 25 heavy (non-hydrogen) atoms. The van der Waals surface area contributed by atoms with E-state index in [9.17, 15) is 9.46 Å². The van der Waals surface area contributed by atoms with Crippen LogP contribution in [0.2, 0.25) is 0 Å². The van der Waals surface area contributed by atoms with Crippen molar-refractivity contribution in [3.8, 4) is 22.6 Å². The molecule has 0 amide bonds. The zero-order valence-corrected chi connectivity index (χ0v) is 14.9. The van der Waals surface area contributed by atoms with Gasteiger partial charge >= 0.3 is 7.82 Å². The Morgan fingerprint density at radius 2 is 1.44 bits per heavy atom. The lowest BCUT2D eigenvalue weighted by Gasteiger charge is -2.17. The number of hydrogen-bond acceptors (Lipinski definition) is 3. The van der Waals surface area contributed by atoms with Gasteiger partial charge in [-0.25, -0.2) is 4.57 Å². The van der Waals surface area contributed by atoms with E-state index in [1.807, 2.05) is 56.3 Å². The summed E-state index contributed by atoms with van der Waals surface area (Å²) in [4.78, 5) is 10.1. The van der Waals surface area contributed by atoms with Gasteiger partial charge in [0.2, 0.25) is 0 Å². The van der Waals surface area contributed by atoms with Crippen LogP contribution in [0, 0.1) is 13.8 Å². The van der Waals surface area contributed by atoms with E-state index >= 15 is 0 Å². The Morgan fingerprint density at radius 3 is 2.12 bits per heavy atom. The Labute approximate surface area is 147 Å². The van der Waals surface area contributed by atoms with Gasteiger partial charge in [0.25, 0.3) is 0 Å². The van der Waals surface area contributed by atoms with Gasteiger partial charge in [0.1, 0.15) is 11.5 Å². The van der Waals surface area contributed by atoms with Crippen molar-refractivity contribution in [3.05, 3.63) is 83.9 Å². The molecule has 0 saturated carbocycles. The van der Waals surface area contributed by atoms with Crippen molar-refractivity contribution in [2.24, 2.45) is 0 Å². The molecule has 0 aromatic heterocycles. The van der Waals surface area contributed by atoms with Crippen molar-refractivity contribution >= 4 is 7.82 Å². The molecule has 0 fully saturated rings. The topological polar surface area (TPSA) is 55.8 Å². The molecule has 3 aromatic carbocycles. The minimum atomic E-state index is -4.31. The van der Waals surface area contributed by atoms with Crippen LogP contribution in [0.1, 0.15) is 11.1 Å². The van der Waals surface area contributed by atoms with E-state index in [1.54, 1.807) is 30.3 Å². The van der Waals surface area contributed by atoms with Crippen molar-refractivity contribution in [3.63, 3.8) is 0 Å². The zero-order valence-electron chi connectivity index (χ0n) is 14.0. The zero-order chi connectivity index (χ0) is 17.9. The minimum Gasteiger partial charge on any atom is -0.395 e. The highest BCUT2D eigenvalue weighted by Crippen LogP contribution is 2.47. The molecule has 3 aromatic rings. The average Bonchev–Trinajstić information content (AvgIpc) is 2.59. The fourth-order valence-corrected chi connectivity index (χ4v) is 3.28. The van der Waals surface area contributed by atoms with Crippen LogP contribution >= 0.6 is 7.82 Å². The van der Waals surface area contributed by atoms with E-state index in [1.165, 1.54) is 0 Å². The smallest absolute Gasteiger partial charge is 0.395 e. The lowest BCUT2D eigenvalue weighted by Crippen LogP contribution is -2.01. The van der Waals surface area contributed by atoms with Gasteiger partial charge < -0.3 is 9.05 Å². The van der Waals surface area contributed by atoms with E-state index in [0.717, 1.165) is 22.3 Å². The van der Waals surface area contributed by atoms with Gasteiger partial charge in [0.05, 0.1) is 0 Å². The van der Waals surface area contributed by atoms with E-state index in [-0.39, 0.29) is 5.75 Å². The summed E-state index contributed by atoms with van der Waals surface area (Å²) in [6.45, 7) is 3.88. The highest BCUT2D eigenvalue weighted by molar-refractivity contribution is 7.48. The third-order valence-electron chi connectivity index (χ3n) is 3.68. The van der Waals surface area contributed by atoms with Crippen molar-refractivity contribution in [1.29, 1.82) is 0 Å². The van der Waals surface area contributed by atoms with Crippen LogP contribution in [0.5, 0.6) is 11.5 Å². The predicted octanol–water partition coefficient (Wildman–Crippen LogP) is 5.53. The Balaban J connectivity index is 1.89. The van der Waals surface area contributed by atoms with Gasteiger partial charge in [-0.1, -0.05) is 59.7 Å². The third kappa shape index (κ3) is 4.50. The van der Waals surface area contributed by atoms with Crippen LogP contribution in [-0.2, 0) is 4.57 Å². The number of phosphoric ester groups is 1.